The first kappa shape index (κ1) is 14.5. The molecule has 114 valence electrons. The second-order valence-corrected chi connectivity index (χ2v) is 5.56. The van der Waals surface area contributed by atoms with Gasteiger partial charge in [0.2, 0.25) is 0 Å². The summed E-state index contributed by atoms with van der Waals surface area (Å²) < 4.78 is 18.7. The Morgan fingerprint density at radius 3 is 2.82 bits per heavy atom. The van der Waals surface area contributed by atoms with Crippen LogP contribution in [0.4, 0.5) is 10.1 Å². The number of furan rings is 1. The highest BCUT2D eigenvalue weighted by atomic mass is 19.1. The van der Waals surface area contributed by atoms with E-state index in [1.807, 2.05) is 13.0 Å². The lowest BCUT2D eigenvalue weighted by Crippen LogP contribution is -2.30. The number of hydrogen-bond acceptors (Lipinski definition) is 4. The first-order valence-electron chi connectivity index (χ1n) is 7.03. The Kier molecular flexibility index (Phi) is 3.58. The molecule has 4 nitrogen and oxygen atoms in total. The van der Waals surface area contributed by atoms with Gasteiger partial charge in [-0.1, -0.05) is 0 Å². The van der Waals surface area contributed by atoms with Gasteiger partial charge in [0.25, 0.3) is 0 Å². The van der Waals surface area contributed by atoms with E-state index in [-0.39, 0.29) is 12.4 Å². The van der Waals surface area contributed by atoms with Gasteiger partial charge >= 0.3 is 0 Å². The highest BCUT2D eigenvalue weighted by molar-refractivity contribution is 5.90. The van der Waals surface area contributed by atoms with E-state index in [0.717, 1.165) is 16.8 Å². The van der Waals surface area contributed by atoms with Crippen LogP contribution >= 0.6 is 0 Å². The molecule has 0 aliphatic carbocycles. The van der Waals surface area contributed by atoms with Crippen LogP contribution in [-0.4, -0.2) is 16.6 Å². The third-order valence-electron chi connectivity index (χ3n) is 3.60. The monoisotopic (exact) mass is 300 g/mol. The van der Waals surface area contributed by atoms with Gasteiger partial charge in [0.1, 0.15) is 22.9 Å². The maximum Gasteiger partial charge on any atom is 0.137 e. The minimum Gasteiger partial charge on any atom is -0.463 e. The van der Waals surface area contributed by atoms with Crippen molar-refractivity contribution in [3.8, 4) is 0 Å². The van der Waals surface area contributed by atoms with Crippen LogP contribution in [0.15, 0.2) is 47.0 Å². The average Bonchev–Trinajstić information content (AvgIpc) is 2.92. The Morgan fingerprint density at radius 2 is 2.09 bits per heavy atom. The Hall–Kier alpha value is -2.40. The minimum atomic E-state index is -1.15. The van der Waals surface area contributed by atoms with E-state index in [2.05, 4.69) is 10.3 Å². The number of hydrogen-bond donors (Lipinski definition) is 2. The van der Waals surface area contributed by atoms with Crippen LogP contribution in [0.2, 0.25) is 0 Å². The van der Waals surface area contributed by atoms with Gasteiger partial charge in [0.15, 0.2) is 0 Å². The van der Waals surface area contributed by atoms with Gasteiger partial charge in [-0.15, -0.1) is 0 Å². The van der Waals surface area contributed by atoms with Gasteiger partial charge < -0.3 is 14.8 Å². The van der Waals surface area contributed by atoms with E-state index in [9.17, 15) is 9.50 Å². The summed E-state index contributed by atoms with van der Waals surface area (Å²) in [6, 6.07) is 9.82. The third-order valence-corrected chi connectivity index (χ3v) is 3.60. The van der Waals surface area contributed by atoms with Crippen molar-refractivity contribution in [2.45, 2.75) is 19.4 Å². The lowest BCUT2D eigenvalue weighted by molar-refractivity contribution is 0.0468. The molecule has 0 spiro atoms. The normalized spacial score (nSPS) is 14.0. The molecule has 2 aromatic heterocycles. The molecular formula is C17H17FN2O2. The Morgan fingerprint density at radius 1 is 1.27 bits per heavy atom. The zero-order chi connectivity index (χ0) is 15.7. The summed E-state index contributed by atoms with van der Waals surface area (Å²) in [6.07, 6.45) is 1.61. The molecule has 22 heavy (non-hydrogen) atoms. The quantitative estimate of drug-likeness (QED) is 0.773. The SMILES string of the molecule is Cc1ccc(C(C)(O)CNc2ccnc3cc(F)ccc23)o1. The summed E-state index contributed by atoms with van der Waals surface area (Å²) in [5.41, 5.74) is 0.205. The van der Waals surface area contributed by atoms with Crippen LogP contribution < -0.4 is 5.32 Å². The fraction of sp³-hybridized carbons (Fsp3) is 0.235. The lowest BCUT2D eigenvalue weighted by atomic mass is 10.0. The Bertz CT molecular complexity index is 811. The maximum absolute atomic E-state index is 13.3. The minimum absolute atomic E-state index is 0.260. The predicted molar refractivity (Wildman–Crippen MR) is 83.2 cm³/mol. The van der Waals surface area contributed by atoms with Crippen molar-refractivity contribution in [2.24, 2.45) is 0 Å². The second-order valence-electron chi connectivity index (χ2n) is 5.56. The standard InChI is InChI=1S/C17H17FN2O2/c1-11-3-6-16(22-11)17(2,21)10-20-14-7-8-19-15-9-12(18)4-5-13(14)15/h3-9,21H,10H2,1-2H3,(H,19,20). The number of nitrogens with zero attached hydrogens (tertiary/aromatic N) is 1. The second kappa shape index (κ2) is 5.42. The van der Waals surface area contributed by atoms with Crippen molar-refractivity contribution < 1.29 is 13.9 Å². The number of anilines is 1. The lowest BCUT2D eigenvalue weighted by Gasteiger charge is -2.22. The number of aryl methyl sites for hydroxylation is 1. The summed E-state index contributed by atoms with van der Waals surface area (Å²) in [6.45, 7) is 3.77. The van der Waals surface area contributed by atoms with Crippen LogP contribution in [0.25, 0.3) is 10.9 Å². The van der Waals surface area contributed by atoms with Crippen LogP contribution in [0.1, 0.15) is 18.4 Å². The van der Waals surface area contributed by atoms with Gasteiger partial charge in [0, 0.05) is 23.3 Å². The molecule has 1 aromatic carbocycles. The highest BCUT2D eigenvalue weighted by Crippen LogP contribution is 2.26. The van der Waals surface area contributed by atoms with Crippen molar-refractivity contribution in [2.75, 3.05) is 11.9 Å². The number of pyridine rings is 1. The smallest absolute Gasteiger partial charge is 0.137 e. The molecule has 0 radical (unpaired) electrons. The van der Waals surface area contributed by atoms with E-state index in [4.69, 9.17) is 4.42 Å². The van der Waals surface area contributed by atoms with Gasteiger partial charge in [-0.05, 0) is 44.2 Å². The number of benzene rings is 1. The molecular weight excluding hydrogens is 283 g/mol. The van der Waals surface area contributed by atoms with Crippen LogP contribution in [0.5, 0.6) is 0 Å². The van der Waals surface area contributed by atoms with Gasteiger partial charge in [-0.2, -0.15) is 0 Å². The molecule has 0 fully saturated rings. The van der Waals surface area contributed by atoms with Crippen LogP contribution in [0, 0.1) is 12.7 Å². The van der Waals surface area contributed by atoms with E-state index < -0.39 is 5.60 Å². The summed E-state index contributed by atoms with van der Waals surface area (Å²) in [7, 11) is 0. The van der Waals surface area contributed by atoms with E-state index >= 15 is 0 Å². The third kappa shape index (κ3) is 2.80. The number of nitrogens with one attached hydrogen (secondary N) is 1. The summed E-state index contributed by atoms with van der Waals surface area (Å²) in [4.78, 5) is 4.15. The Balaban J connectivity index is 1.85. The first-order chi connectivity index (χ1) is 10.5. The number of aromatic nitrogens is 1. The first-order valence-corrected chi connectivity index (χ1v) is 7.03. The predicted octanol–water partition coefficient (Wildman–Crippen LogP) is 3.59. The molecule has 3 rings (SSSR count). The molecule has 2 N–H and O–H groups in total. The van der Waals surface area contributed by atoms with E-state index in [0.29, 0.717) is 11.3 Å². The maximum atomic E-state index is 13.3. The molecule has 0 amide bonds. The number of rotatable bonds is 4. The topological polar surface area (TPSA) is 58.3 Å². The highest BCUT2D eigenvalue weighted by Gasteiger charge is 2.26. The molecule has 2 heterocycles. The zero-order valence-corrected chi connectivity index (χ0v) is 12.4. The van der Waals surface area contributed by atoms with Crippen molar-refractivity contribution in [3.05, 3.63) is 59.9 Å². The molecule has 0 bridgehead atoms. The van der Waals surface area contributed by atoms with E-state index in [1.165, 1.54) is 12.1 Å². The average molecular weight is 300 g/mol. The van der Waals surface area contributed by atoms with Crippen molar-refractivity contribution in [1.82, 2.24) is 4.98 Å². The molecule has 0 aliphatic heterocycles. The number of aliphatic hydroxyl groups is 1. The van der Waals surface area contributed by atoms with Crippen LogP contribution in [0.3, 0.4) is 0 Å². The largest absolute Gasteiger partial charge is 0.463 e. The number of fused-ring (bicyclic) bond motifs is 1. The van der Waals surface area contributed by atoms with Crippen molar-refractivity contribution >= 4 is 16.6 Å². The fourth-order valence-electron chi connectivity index (χ4n) is 2.35. The molecule has 1 atom stereocenters. The van der Waals surface area contributed by atoms with Crippen LogP contribution in [-0.2, 0) is 5.60 Å². The summed E-state index contributed by atoms with van der Waals surface area (Å²) >= 11 is 0. The molecule has 0 saturated carbocycles. The fourth-order valence-corrected chi connectivity index (χ4v) is 2.35. The molecule has 5 heteroatoms. The van der Waals surface area contributed by atoms with Gasteiger partial charge in [0.05, 0.1) is 12.1 Å². The molecule has 1 unspecified atom stereocenters. The molecule has 0 aliphatic rings. The Labute approximate surface area is 127 Å². The summed E-state index contributed by atoms with van der Waals surface area (Å²) in [5.74, 6) is 0.928. The zero-order valence-electron chi connectivity index (χ0n) is 12.4. The van der Waals surface area contributed by atoms with Gasteiger partial charge in [-0.25, -0.2) is 4.39 Å². The molecule has 0 saturated heterocycles. The summed E-state index contributed by atoms with van der Waals surface area (Å²) in [5, 5.41) is 14.5. The van der Waals surface area contributed by atoms with Crippen molar-refractivity contribution in [3.63, 3.8) is 0 Å². The number of halogens is 1. The molecule has 3 aromatic rings. The van der Waals surface area contributed by atoms with E-state index in [1.54, 1.807) is 31.3 Å². The van der Waals surface area contributed by atoms with Crippen molar-refractivity contribution in [1.29, 1.82) is 0 Å². The van der Waals surface area contributed by atoms with Gasteiger partial charge in [-0.3, -0.25) is 4.98 Å².